The van der Waals surface area contributed by atoms with Crippen molar-refractivity contribution in [3.8, 4) is 5.75 Å². The predicted molar refractivity (Wildman–Crippen MR) is 87.8 cm³/mol. The van der Waals surface area contributed by atoms with Gasteiger partial charge in [0.2, 0.25) is 0 Å². The maximum absolute atomic E-state index is 12.6. The molecule has 2 aromatic rings. The van der Waals surface area contributed by atoms with E-state index in [1.807, 2.05) is 48.2 Å². The second-order valence-electron chi connectivity index (χ2n) is 5.59. The Bertz CT molecular complexity index is 716. The van der Waals surface area contributed by atoms with E-state index in [0.29, 0.717) is 6.54 Å². The van der Waals surface area contributed by atoms with Gasteiger partial charge in [-0.1, -0.05) is 36.4 Å². The van der Waals surface area contributed by atoms with Crippen molar-refractivity contribution in [1.82, 2.24) is 4.90 Å². The number of aryl methyl sites for hydroxylation is 1. The number of amides is 1. The fourth-order valence-electron chi connectivity index (χ4n) is 2.77. The summed E-state index contributed by atoms with van der Waals surface area (Å²) in [6, 6.07) is 14.9. The van der Waals surface area contributed by atoms with Crippen molar-refractivity contribution in [2.45, 2.75) is 13.3 Å². The molecule has 0 unspecified atom stereocenters. The second kappa shape index (κ2) is 6.06. The van der Waals surface area contributed by atoms with Crippen molar-refractivity contribution in [3.63, 3.8) is 0 Å². The summed E-state index contributed by atoms with van der Waals surface area (Å²) in [6.45, 7) is 3.32. The first-order valence-electron chi connectivity index (χ1n) is 7.48. The van der Waals surface area contributed by atoms with Crippen LogP contribution >= 0.6 is 0 Å². The Hall–Kier alpha value is -2.55. The number of aromatic hydroxyl groups is 1. The summed E-state index contributed by atoms with van der Waals surface area (Å²) in [6.07, 6.45) is 2.94. The van der Waals surface area contributed by atoms with Gasteiger partial charge < -0.3 is 10.0 Å². The highest BCUT2D eigenvalue weighted by Crippen LogP contribution is 2.25. The van der Waals surface area contributed by atoms with Gasteiger partial charge in [0.05, 0.1) is 0 Å². The third kappa shape index (κ3) is 2.89. The lowest BCUT2D eigenvalue weighted by molar-refractivity contribution is 0.0772. The molecule has 3 heteroatoms. The number of nitrogens with zero attached hydrogens (tertiary/aromatic N) is 1. The minimum atomic E-state index is 0.0964. The predicted octanol–water partition coefficient (Wildman–Crippen LogP) is 3.63. The van der Waals surface area contributed by atoms with Crippen molar-refractivity contribution < 1.29 is 9.90 Å². The Balaban J connectivity index is 1.74. The van der Waals surface area contributed by atoms with E-state index in [0.717, 1.165) is 29.7 Å². The molecule has 1 aliphatic heterocycles. The number of carbonyl (C=O) groups excluding carboxylic acids is 1. The molecule has 0 fully saturated rings. The topological polar surface area (TPSA) is 40.5 Å². The highest BCUT2D eigenvalue weighted by Gasteiger charge is 2.20. The Labute approximate surface area is 130 Å². The molecule has 1 heterocycles. The van der Waals surface area contributed by atoms with Crippen LogP contribution in [0.4, 0.5) is 0 Å². The molecule has 1 aliphatic rings. The van der Waals surface area contributed by atoms with E-state index in [9.17, 15) is 9.90 Å². The van der Waals surface area contributed by atoms with Gasteiger partial charge in [0.1, 0.15) is 5.75 Å². The average molecular weight is 293 g/mol. The maximum Gasteiger partial charge on any atom is 0.254 e. The molecule has 0 aliphatic carbocycles. The van der Waals surface area contributed by atoms with Crippen molar-refractivity contribution in [3.05, 3.63) is 71.3 Å². The van der Waals surface area contributed by atoms with Crippen LogP contribution in [0.3, 0.4) is 0 Å². The van der Waals surface area contributed by atoms with Gasteiger partial charge in [0, 0.05) is 18.7 Å². The van der Waals surface area contributed by atoms with Gasteiger partial charge >= 0.3 is 0 Å². The van der Waals surface area contributed by atoms with E-state index in [2.05, 4.69) is 6.08 Å². The number of rotatable bonds is 2. The van der Waals surface area contributed by atoms with Crippen LogP contribution in [-0.4, -0.2) is 29.0 Å². The third-order valence-electron chi connectivity index (χ3n) is 4.11. The monoisotopic (exact) mass is 293 g/mol. The number of phenols is 1. The number of phenolic OH excluding ortho intramolecular Hbond substituents is 1. The first-order chi connectivity index (χ1) is 10.6. The summed E-state index contributed by atoms with van der Waals surface area (Å²) < 4.78 is 0. The molecule has 0 saturated heterocycles. The quantitative estimate of drug-likeness (QED) is 0.918. The van der Waals surface area contributed by atoms with E-state index >= 15 is 0 Å². The number of hydrogen-bond donors (Lipinski definition) is 1. The van der Waals surface area contributed by atoms with Gasteiger partial charge in [-0.2, -0.15) is 0 Å². The molecule has 0 atom stereocenters. The van der Waals surface area contributed by atoms with Crippen LogP contribution in [0.2, 0.25) is 0 Å². The third-order valence-corrected chi connectivity index (χ3v) is 4.11. The molecule has 0 spiro atoms. The molecular formula is C19H19NO2. The van der Waals surface area contributed by atoms with Crippen molar-refractivity contribution in [2.24, 2.45) is 0 Å². The number of carbonyl (C=O) groups is 1. The molecule has 22 heavy (non-hydrogen) atoms. The van der Waals surface area contributed by atoms with Gasteiger partial charge in [0.25, 0.3) is 5.91 Å². The molecule has 112 valence electrons. The molecule has 0 radical (unpaired) electrons. The fourth-order valence-corrected chi connectivity index (χ4v) is 2.77. The zero-order valence-electron chi connectivity index (χ0n) is 12.6. The average Bonchev–Trinajstić information content (AvgIpc) is 2.56. The van der Waals surface area contributed by atoms with Crippen LogP contribution in [0, 0.1) is 6.92 Å². The summed E-state index contributed by atoms with van der Waals surface area (Å²) in [5, 5.41) is 9.35. The van der Waals surface area contributed by atoms with E-state index in [1.165, 1.54) is 5.57 Å². The van der Waals surface area contributed by atoms with Gasteiger partial charge in [-0.05, 0) is 48.2 Å². The summed E-state index contributed by atoms with van der Waals surface area (Å²) in [7, 11) is 0. The van der Waals surface area contributed by atoms with Crippen LogP contribution < -0.4 is 0 Å². The van der Waals surface area contributed by atoms with Crippen molar-refractivity contribution in [1.29, 1.82) is 0 Å². The van der Waals surface area contributed by atoms with Gasteiger partial charge in [-0.3, -0.25) is 4.79 Å². The van der Waals surface area contributed by atoms with Crippen LogP contribution in [-0.2, 0) is 0 Å². The Morgan fingerprint density at radius 2 is 1.82 bits per heavy atom. The summed E-state index contributed by atoms with van der Waals surface area (Å²) in [4.78, 5) is 14.5. The molecule has 3 nitrogen and oxygen atoms in total. The molecule has 3 rings (SSSR count). The minimum absolute atomic E-state index is 0.0964. The van der Waals surface area contributed by atoms with E-state index < -0.39 is 0 Å². The minimum Gasteiger partial charge on any atom is -0.508 e. The van der Waals surface area contributed by atoms with Crippen molar-refractivity contribution in [2.75, 3.05) is 13.1 Å². The first-order valence-corrected chi connectivity index (χ1v) is 7.48. The highest BCUT2D eigenvalue weighted by molar-refractivity contribution is 5.96. The Kier molecular flexibility index (Phi) is 3.96. The van der Waals surface area contributed by atoms with E-state index in [1.54, 1.807) is 12.1 Å². The van der Waals surface area contributed by atoms with E-state index in [-0.39, 0.29) is 11.7 Å². The Morgan fingerprint density at radius 1 is 1.09 bits per heavy atom. The van der Waals surface area contributed by atoms with Gasteiger partial charge in [-0.25, -0.2) is 0 Å². The maximum atomic E-state index is 12.6. The summed E-state index contributed by atoms with van der Waals surface area (Å²) in [5.41, 5.74) is 4.14. The van der Waals surface area contributed by atoms with Crippen LogP contribution in [0.1, 0.15) is 27.9 Å². The smallest absolute Gasteiger partial charge is 0.254 e. The number of hydrogen-bond acceptors (Lipinski definition) is 2. The van der Waals surface area contributed by atoms with Crippen LogP contribution in [0.5, 0.6) is 5.75 Å². The standard InChI is InChI=1S/C19H19NO2/c1-14-4-2-3-5-18(14)19(22)20-12-10-16(11-13-20)15-6-8-17(21)9-7-15/h2-10,21H,11-13H2,1H3. The summed E-state index contributed by atoms with van der Waals surface area (Å²) in [5.74, 6) is 0.371. The molecule has 2 aromatic carbocycles. The molecule has 0 saturated carbocycles. The lowest BCUT2D eigenvalue weighted by Crippen LogP contribution is -2.35. The largest absolute Gasteiger partial charge is 0.508 e. The van der Waals surface area contributed by atoms with Gasteiger partial charge in [0.15, 0.2) is 0 Å². The lowest BCUT2D eigenvalue weighted by Gasteiger charge is -2.27. The Morgan fingerprint density at radius 3 is 2.45 bits per heavy atom. The second-order valence-corrected chi connectivity index (χ2v) is 5.59. The van der Waals surface area contributed by atoms with E-state index in [4.69, 9.17) is 0 Å². The zero-order valence-corrected chi connectivity index (χ0v) is 12.6. The molecule has 0 bridgehead atoms. The SMILES string of the molecule is Cc1ccccc1C(=O)N1CC=C(c2ccc(O)cc2)CC1. The zero-order chi connectivity index (χ0) is 15.5. The summed E-state index contributed by atoms with van der Waals surface area (Å²) >= 11 is 0. The fraction of sp³-hybridized carbons (Fsp3) is 0.211. The molecule has 0 aromatic heterocycles. The lowest BCUT2D eigenvalue weighted by atomic mass is 9.98. The normalized spacial score (nSPS) is 14.6. The molecule has 1 amide bonds. The van der Waals surface area contributed by atoms with Crippen molar-refractivity contribution >= 4 is 11.5 Å². The molecular weight excluding hydrogens is 274 g/mol. The molecule has 1 N–H and O–H groups in total. The first kappa shape index (κ1) is 14.4. The highest BCUT2D eigenvalue weighted by atomic mass is 16.3. The van der Waals surface area contributed by atoms with Gasteiger partial charge in [-0.15, -0.1) is 0 Å². The number of benzene rings is 2. The van der Waals surface area contributed by atoms with Crippen LogP contribution in [0.15, 0.2) is 54.6 Å². The van der Waals surface area contributed by atoms with Crippen LogP contribution in [0.25, 0.3) is 5.57 Å².